The van der Waals surface area contributed by atoms with Gasteiger partial charge >= 0.3 is 6.09 Å². The molecule has 0 radical (unpaired) electrons. The van der Waals surface area contributed by atoms with Gasteiger partial charge in [0.25, 0.3) is 5.91 Å². The van der Waals surface area contributed by atoms with Gasteiger partial charge in [-0.25, -0.2) is 4.79 Å². The lowest BCUT2D eigenvalue weighted by molar-refractivity contribution is -0.127. The average molecular weight is 372 g/mol. The normalized spacial score (nSPS) is 18.3. The molecule has 5 nitrogen and oxygen atoms in total. The molecule has 0 aromatic heterocycles. The van der Waals surface area contributed by atoms with E-state index in [1.54, 1.807) is 4.90 Å². The van der Waals surface area contributed by atoms with Crippen molar-refractivity contribution in [3.63, 3.8) is 0 Å². The minimum atomic E-state index is -0.661. The standard InChI is InChI=1S/C23H20N2O3/c26-22-20(24-23(27)28-16-17-10-4-1-5-11-17)21(18-12-6-2-7-13-18)25(22)19-14-8-3-9-15-19/h1-15,20-21H,16H2,(H,24,27)/t20-,21+/m0/s1. The Bertz CT molecular complexity index is 945. The second kappa shape index (κ2) is 7.96. The Labute approximate surface area is 163 Å². The number of hydrogen-bond acceptors (Lipinski definition) is 3. The zero-order valence-electron chi connectivity index (χ0n) is 15.2. The van der Waals surface area contributed by atoms with Crippen molar-refractivity contribution in [2.45, 2.75) is 18.7 Å². The molecule has 2 amide bonds. The number of alkyl carbamates (subject to hydrolysis) is 1. The first kappa shape index (κ1) is 17.8. The number of para-hydroxylation sites is 1. The summed E-state index contributed by atoms with van der Waals surface area (Å²) in [6.07, 6.45) is -0.601. The number of nitrogens with zero attached hydrogens (tertiary/aromatic N) is 1. The van der Waals surface area contributed by atoms with Crippen molar-refractivity contribution in [3.8, 4) is 0 Å². The van der Waals surface area contributed by atoms with Crippen LogP contribution in [0.1, 0.15) is 17.2 Å². The molecule has 1 aliphatic heterocycles. The fourth-order valence-electron chi connectivity index (χ4n) is 3.39. The summed E-state index contributed by atoms with van der Waals surface area (Å²) in [5.74, 6) is -0.156. The van der Waals surface area contributed by atoms with Crippen LogP contribution in [0.3, 0.4) is 0 Å². The van der Waals surface area contributed by atoms with Crippen molar-refractivity contribution in [1.29, 1.82) is 0 Å². The number of ether oxygens (including phenoxy) is 1. The van der Waals surface area contributed by atoms with Crippen LogP contribution in [-0.4, -0.2) is 18.0 Å². The molecule has 0 spiro atoms. The molecule has 28 heavy (non-hydrogen) atoms. The van der Waals surface area contributed by atoms with Crippen molar-refractivity contribution in [2.75, 3.05) is 4.90 Å². The third-order valence-corrected chi connectivity index (χ3v) is 4.76. The van der Waals surface area contributed by atoms with Crippen molar-refractivity contribution >= 4 is 17.7 Å². The second-order valence-corrected chi connectivity index (χ2v) is 6.58. The van der Waals surface area contributed by atoms with E-state index in [0.717, 1.165) is 16.8 Å². The number of hydrogen-bond donors (Lipinski definition) is 1. The predicted molar refractivity (Wildman–Crippen MR) is 107 cm³/mol. The first-order chi connectivity index (χ1) is 13.7. The molecule has 1 heterocycles. The number of nitrogens with one attached hydrogen (secondary N) is 1. The SMILES string of the molecule is O=C(N[C@@H]1C(=O)N(c2ccccc2)[C@@H]1c1ccccc1)OCc1ccccc1. The summed E-state index contributed by atoms with van der Waals surface area (Å²) in [4.78, 5) is 26.8. The summed E-state index contributed by atoms with van der Waals surface area (Å²) in [5.41, 5.74) is 2.65. The molecule has 4 rings (SSSR count). The Morgan fingerprint density at radius 2 is 1.43 bits per heavy atom. The quantitative estimate of drug-likeness (QED) is 0.687. The van der Waals surface area contributed by atoms with E-state index in [9.17, 15) is 9.59 Å². The molecule has 0 unspecified atom stereocenters. The topological polar surface area (TPSA) is 58.6 Å². The third kappa shape index (κ3) is 3.60. The van der Waals surface area contributed by atoms with Crippen LogP contribution in [0.4, 0.5) is 10.5 Å². The fraction of sp³-hybridized carbons (Fsp3) is 0.130. The first-order valence-corrected chi connectivity index (χ1v) is 9.14. The van der Waals surface area contributed by atoms with E-state index in [4.69, 9.17) is 4.74 Å². The zero-order chi connectivity index (χ0) is 19.3. The van der Waals surface area contributed by atoms with Gasteiger partial charge in [0.05, 0.1) is 6.04 Å². The molecule has 140 valence electrons. The molecular formula is C23H20N2O3. The zero-order valence-corrected chi connectivity index (χ0v) is 15.2. The van der Waals surface area contributed by atoms with Crippen molar-refractivity contribution in [3.05, 3.63) is 102 Å². The van der Waals surface area contributed by atoms with E-state index in [1.165, 1.54) is 0 Å². The van der Waals surface area contributed by atoms with Crippen LogP contribution >= 0.6 is 0 Å². The number of benzene rings is 3. The Morgan fingerprint density at radius 3 is 2.07 bits per heavy atom. The number of rotatable bonds is 5. The van der Waals surface area contributed by atoms with Gasteiger partial charge in [0, 0.05) is 5.69 Å². The van der Waals surface area contributed by atoms with Gasteiger partial charge in [0.2, 0.25) is 0 Å². The summed E-state index contributed by atoms with van der Waals surface area (Å²) in [6.45, 7) is 0.159. The fourth-order valence-corrected chi connectivity index (χ4v) is 3.39. The molecule has 0 aliphatic carbocycles. The number of carbonyl (C=O) groups excluding carboxylic acids is 2. The van der Waals surface area contributed by atoms with Crippen molar-refractivity contribution in [1.82, 2.24) is 5.32 Å². The highest BCUT2D eigenvalue weighted by molar-refractivity contribution is 6.07. The van der Waals surface area contributed by atoms with E-state index >= 15 is 0 Å². The largest absolute Gasteiger partial charge is 0.445 e. The Hall–Kier alpha value is -3.60. The van der Waals surface area contributed by atoms with Crippen LogP contribution in [0.2, 0.25) is 0 Å². The summed E-state index contributed by atoms with van der Waals surface area (Å²) in [7, 11) is 0. The Balaban J connectivity index is 1.49. The Morgan fingerprint density at radius 1 is 0.857 bits per heavy atom. The number of amides is 2. The molecule has 1 fully saturated rings. The van der Waals surface area contributed by atoms with Gasteiger partial charge in [0.15, 0.2) is 0 Å². The maximum absolute atomic E-state index is 12.8. The van der Waals surface area contributed by atoms with E-state index in [-0.39, 0.29) is 18.6 Å². The van der Waals surface area contributed by atoms with Gasteiger partial charge in [-0.1, -0.05) is 78.9 Å². The lowest BCUT2D eigenvalue weighted by Crippen LogP contribution is -2.66. The van der Waals surface area contributed by atoms with E-state index in [1.807, 2.05) is 91.0 Å². The molecule has 0 saturated carbocycles. The molecule has 3 aromatic carbocycles. The van der Waals surface area contributed by atoms with Crippen molar-refractivity contribution < 1.29 is 14.3 Å². The van der Waals surface area contributed by atoms with Gasteiger partial charge in [-0.2, -0.15) is 0 Å². The predicted octanol–water partition coefficient (Wildman–Crippen LogP) is 4.07. The van der Waals surface area contributed by atoms with Gasteiger partial charge in [0.1, 0.15) is 12.6 Å². The van der Waals surface area contributed by atoms with Crippen LogP contribution in [0.15, 0.2) is 91.0 Å². The summed E-state index contributed by atoms with van der Waals surface area (Å²) >= 11 is 0. The van der Waals surface area contributed by atoms with Crippen LogP contribution in [0.5, 0.6) is 0 Å². The molecule has 2 atom stereocenters. The molecule has 1 saturated heterocycles. The van der Waals surface area contributed by atoms with E-state index in [2.05, 4.69) is 5.32 Å². The Kier molecular flexibility index (Phi) is 5.06. The van der Waals surface area contributed by atoms with Crippen LogP contribution in [0.25, 0.3) is 0 Å². The monoisotopic (exact) mass is 372 g/mol. The van der Waals surface area contributed by atoms with Crippen LogP contribution in [-0.2, 0) is 16.1 Å². The molecule has 5 heteroatoms. The number of carbonyl (C=O) groups is 2. The van der Waals surface area contributed by atoms with Gasteiger partial charge in [-0.05, 0) is 23.3 Å². The highest BCUT2D eigenvalue weighted by Gasteiger charge is 2.49. The molecule has 3 aromatic rings. The molecule has 1 N–H and O–H groups in total. The highest BCUT2D eigenvalue weighted by Crippen LogP contribution is 2.39. The highest BCUT2D eigenvalue weighted by atomic mass is 16.5. The minimum absolute atomic E-state index is 0.156. The smallest absolute Gasteiger partial charge is 0.408 e. The molecular weight excluding hydrogens is 352 g/mol. The van der Waals surface area contributed by atoms with Crippen molar-refractivity contribution in [2.24, 2.45) is 0 Å². The molecule has 1 aliphatic rings. The van der Waals surface area contributed by atoms with Gasteiger partial charge in [-0.15, -0.1) is 0 Å². The minimum Gasteiger partial charge on any atom is -0.445 e. The van der Waals surface area contributed by atoms with Gasteiger partial charge in [-0.3, -0.25) is 4.79 Å². The van der Waals surface area contributed by atoms with Crippen LogP contribution < -0.4 is 10.2 Å². The van der Waals surface area contributed by atoms with Crippen LogP contribution in [0, 0.1) is 0 Å². The second-order valence-electron chi connectivity index (χ2n) is 6.58. The first-order valence-electron chi connectivity index (χ1n) is 9.14. The summed E-state index contributed by atoms with van der Waals surface area (Å²) in [5, 5.41) is 2.73. The van der Waals surface area contributed by atoms with E-state index in [0.29, 0.717) is 0 Å². The lowest BCUT2D eigenvalue weighted by Gasteiger charge is -2.47. The van der Waals surface area contributed by atoms with Gasteiger partial charge < -0.3 is 15.0 Å². The lowest BCUT2D eigenvalue weighted by atomic mass is 9.87. The summed E-state index contributed by atoms with van der Waals surface area (Å²) in [6, 6.07) is 27.6. The number of β-lactam (4-membered cyclic amide) rings is 1. The number of anilines is 1. The third-order valence-electron chi connectivity index (χ3n) is 4.76. The molecule has 0 bridgehead atoms. The van der Waals surface area contributed by atoms with E-state index < -0.39 is 12.1 Å². The maximum Gasteiger partial charge on any atom is 0.408 e. The summed E-state index contributed by atoms with van der Waals surface area (Å²) < 4.78 is 5.29. The average Bonchev–Trinajstić information content (AvgIpc) is 2.76. The maximum atomic E-state index is 12.8.